The molecule has 0 aliphatic carbocycles. The number of hydrogen-bond acceptors (Lipinski definition) is 5. The summed E-state index contributed by atoms with van der Waals surface area (Å²) in [7, 11) is 0. The Hall–Kier alpha value is -2.28. The van der Waals surface area contributed by atoms with E-state index in [2.05, 4.69) is 26.2 Å². The lowest BCUT2D eigenvalue weighted by Crippen LogP contribution is -2.38. The van der Waals surface area contributed by atoms with E-state index < -0.39 is 0 Å². The van der Waals surface area contributed by atoms with Crippen LogP contribution in [0, 0.1) is 5.92 Å². The summed E-state index contributed by atoms with van der Waals surface area (Å²) in [5.41, 5.74) is 1.39. The number of aromatic nitrogens is 4. The second kappa shape index (κ2) is 6.45. The quantitative estimate of drug-likeness (QED) is 0.849. The van der Waals surface area contributed by atoms with Crippen LogP contribution in [0.5, 0.6) is 0 Å². The number of amides is 1. The molecule has 110 valence electrons. The lowest BCUT2D eigenvalue weighted by atomic mass is 9.99. The molecule has 0 radical (unpaired) electrons. The molecular weight excluding hydrogens is 268 g/mol. The van der Waals surface area contributed by atoms with E-state index in [1.54, 1.807) is 12.1 Å². The van der Waals surface area contributed by atoms with Crippen molar-refractivity contribution in [2.75, 3.05) is 19.6 Å². The Kier molecular flexibility index (Phi) is 4.20. The molecule has 1 saturated heterocycles. The molecule has 2 heterocycles. The standard InChI is InChI=1S/C14H18N6O/c21-14(16-9-11-3-2-6-15-8-11)12-4-1-5-13(7-12)20-10-17-18-19-20/h1,4-5,7,10-11,15H,2-3,6,8-9H2,(H,16,21). The van der Waals surface area contributed by atoms with Crippen LogP contribution in [0.15, 0.2) is 30.6 Å². The van der Waals surface area contributed by atoms with E-state index in [0.717, 1.165) is 25.2 Å². The number of carbonyl (C=O) groups excluding carboxylic acids is 1. The normalized spacial score (nSPS) is 18.4. The summed E-state index contributed by atoms with van der Waals surface area (Å²) in [6.45, 7) is 2.77. The highest BCUT2D eigenvalue weighted by atomic mass is 16.1. The highest BCUT2D eigenvalue weighted by Crippen LogP contribution is 2.11. The van der Waals surface area contributed by atoms with Crippen molar-refractivity contribution in [3.63, 3.8) is 0 Å². The van der Waals surface area contributed by atoms with E-state index in [-0.39, 0.29) is 5.91 Å². The Morgan fingerprint density at radius 2 is 2.43 bits per heavy atom. The van der Waals surface area contributed by atoms with Crippen LogP contribution in [0.3, 0.4) is 0 Å². The summed E-state index contributed by atoms with van der Waals surface area (Å²) in [5.74, 6) is 0.459. The average molecular weight is 286 g/mol. The van der Waals surface area contributed by atoms with Crippen molar-refractivity contribution < 1.29 is 4.79 Å². The lowest BCUT2D eigenvalue weighted by molar-refractivity contribution is 0.0945. The van der Waals surface area contributed by atoms with Gasteiger partial charge < -0.3 is 10.6 Å². The molecule has 1 aliphatic rings. The number of carbonyl (C=O) groups is 1. The molecule has 1 aliphatic heterocycles. The Morgan fingerprint density at radius 1 is 1.48 bits per heavy atom. The zero-order valence-electron chi connectivity index (χ0n) is 11.7. The van der Waals surface area contributed by atoms with Crippen LogP contribution in [0.2, 0.25) is 0 Å². The van der Waals surface area contributed by atoms with Gasteiger partial charge in [-0.1, -0.05) is 6.07 Å². The number of tetrazole rings is 1. The molecule has 1 aromatic carbocycles. The number of piperidine rings is 1. The Labute approximate surface area is 122 Å². The highest BCUT2D eigenvalue weighted by molar-refractivity contribution is 5.94. The Balaban J connectivity index is 1.63. The number of rotatable bonds is 4. The number of nitrogens with zero attached hydrogens (tertiary/aromatic N) is 4. The van der Waals surface area contributed by atoms with Crippen molar-refractivity contribution in [2.45, 2.75) is 12.8 Å². The first-order valence-corrected chi connectivity index (χ1v) is 7.15. The minimum atomic E-state index is -0.0597. The van der Waals surface area contributed by atoms with Gasteiger partial charge >= 0.3 is 0 Å². The third kappa shape index (κ3) is 3.43. The van der Waals surface area contributed by atoms with Gasteiger partial charge in [0.25, 0.3) is 5.91 Å². The van der Waals surface area contributed by atoms with Gasteiger partial charge in [-0.15, -0.1) is 5.10 Å². The van der Waals surface area contributed by atoms with Crippen molar-refractivity contribution in [1.29, 1.82) is 0 Å². The van der Waals surface area contributed by atoms with E-state index in [1.807, 2.05) is 12.1 Å². The van der Waals surface area contributed by atoms with Crippen molar-refractivity contribution >= 4 is 5.91 Å². The predicted octanol–water partition coefficient (Wildman–Crippen LogP) is 0.392. The summed E-state index contributed by atoms with van der Waals surface area (Å²) in [6.07, 6.45) is 3.85. The molecule has 1 atom stereocenters. The third-order valence-electron chi connectivity index (χ3n) is 3.67. The fourth-order valence-electron chi connectivity index (χ4n) is 2.51. The molecule has 0 bridgehead atoms. The molecular formula is C14H18N6O. The molecule has 7 nitrogen and oxygen atoms in total. The van der Waals surface area contributed by atoms with Crippen molar-refractivity contribution in [3.8, 4) is 5.69 Å². The summed E-state index contributed by atoms with van der Waals surface area (Å²) in [4.78, 5) is 12.2. The van der Waals surface area contributed by atoms with Gasteiger partial charge in [0.1, 0.15) is 6.33 Å². The molecule has 21 heavy (non-hydrogen) atoms. The van der Waals surface area contributed by atoms with Crippen LogP contribution in [-0.4, -0.2) is 45.7 Å². The van der Waals surface area contributed by atoms with Crippen LogP contribution in [0.25, 0.3) is 5.69 Å². The van der Waals surface area contributed by atoms with Crippen LogP contribution >= 0.6 is 0 Å². The van der Waals surface area contributed by atoms with Gasteiger partial charge in [0.05, 0.1) is 5.69 Å². The van der Waals surface area contributed by atoms with E-state index in [4.69, 9.17) is 0 Å². The number of hydrogen-bond donors (Lipinski definition) is 2. The maximum atomic E-state index is 12.2. The van der Waals surface area contributed by atoms with Gasteiger partial charge in [-0.2, -0.15) is 0 Å². The second-order valence-electron chi connectivity index (χ2n) is 5.23. The second-order valence-corrected chi connectivity index (χ2v) is 5.23. The van der Waals surface area contributed by atoms with E-state index in [1.165, 1.54) is 17.4 Å². The average Bonchev–Trinajstić information content (AvgIpc) is 3.08. The van der Waals surface area contributed by atoms with E-state index in [9.17, 15) is 4.79 Å². The zero-order chi connectivity index (χ0) is 14.5. The largest absolute Gasteiger partial charge is 0.352 e. The van der Waals surface area contributed by atoms with Gasteiger partial charge in [0.15, 0.2) is 0 Å². The topological polar surface area (TPSA) is 84.7 Å². The van der Waals surface area contributed by atoms with Gasteiger partial charge in [-0.05, 0) is 60.5 Å². The molecule has 1 amide bonds. The summed E-state index contributed by atoms with van der Waals surface area (Å²) in [5, 5.41) is 17.4. The number of nitrogens with one attached hydrogen (secondary N) is 2. The molecule has 2 N–H and O–H groups in total. The predicted molar refractivity (Wildman–Crippen MR) is 77.1 cm³/mol. The molecule has 1 unspecified atom stereocenters. The fourth-order valence-corrected chi connectivity index (χ4v) is 2.51. The molecule has 1 fully saturated rings. The van der Waals surface area contributed by atoms with E-state index >= 15 is 0 Å². The molecule has 7 heteroatoms. The van der Waals surface area contributed by atoms with Gasteiger partial charge in [0, 0.05) is 12.1 Å². The number of benzene rings is 1. The SMILES string of the molecule is O=C(NCC1CCCNC1)c1cccc(-n2cnnn2)c1. The maximum absolute atomic E-state index is 12.2. The summed E-state index contributed by atoms with van der Waals surface area (Å²) < 4.78 is 1.53. The van der Waals surface area contributed by atoms with Crippen molar-refractivity contribution in [1.82, 2.24) is 30.8 Å². The first-order valence-electron chi connectivity index (χ1n) is 7.15. The lowest BCUT2D eigenvalue weighted by Gasteiger charge is -2.22. The highest BCUT2D eigenvalue weighted by Gasteiger charge is 2.14. The fraction of sp³-hybridized carbons (Fsp3) is 0.429. The first kappa shape index (κ1) is 13.7. The van der Waals surface area contributed by atoms with Crippen LogP contribution in [0.4, 0.5) is 0 Å². The van der Waals surface area contributed by atoms with Crippen LogP contribution < -0.4 is 10.6 Å². The zero-order valence-corrected chi connectivity index (χ0v) is 11.7. The van der Waals surface area contributed by atoms with E-state index in [0.29, 0.717) is 18.0 Å². The molecule has 0 spiro atoms. The van der Waals surface area contributed by atoms with Gasteiger partial charge in [-0.3, -0.25) is 4.79 Å². The Morgan fingerprint density at radius 3 is 3.19 bits per heavy atom. The molecule has 3 rings (SSSR count). The molecule has 0 saturated carbocycles. The monoisotopic (exact) mass is 286 g/mol. The van der Waals surface area contributed by atoms with Crippen LogP contribution in [0.1, 0.15) is 23.2 Å². The minimum absolute atomic E-state index is 0.0597. The van der Waals surface area contributed by atoms with Crippen molar-refractivity contribution in [3.05, 3.63) is 36.2 Å². The summed E-state index contributed by atoms with van der Waals surface area (Å²) >= 11 is 0. The minimum Gasteiger partial charge on any atom is -0.352 e. The summed E-state index contributed by atoms with van der Waals surface area (Å²) in [6, 6.07) is 7.26. The van der Waals surface area contributed by atoms with Gasteiger partial charge in [0.2, 0.25) is 0 Å². The van der Waals surface area contributed by atoms with Crippen LogP contribution in [-0.2, 0) is 0 Å². The smallest absolute Gasteiger partial charge is 0.251 e. The first-order chi connectivity index (χ1) is 10.3. The third-order valence-corrected chi connectivity index (χ3v) is 3.67. The molecule has 2 aromatic rings. The molecule has 1 aromatic heterocycles. The Bertz CT molecular complexity index is 591. The van der Waals surface area contributed by atoms with Gasteiger partial charge in [-0.25, -0.2) is 4.68 Å². The maximum Gasteiger partial charge on any atom is 0.251 e. The van der Waals surface area contributed by atoms with Crippen molar-refractivity contribution in [2.24, 2.45) is 5.92 Å².